The number of esters is 1. The summed E-state index contributed by atoms with van der Waals surface area (Å²) in [5.41, 5.74) is 1.77. The summed E-state index contributed by atoms with van der Waals surface area (Å²) in [7, 11) is 3.16. The zero-order valence-corrected chi connectivity index (χ0v) is 20.1. The number of amides is 1. The quantitative estimate of drug-likeness (QED) is 0.263. The van der Waals surface area contributed by atoms with E-state index in [4.69, 9.17) is 9.47 Å². The molecule has 3 unspecified atom stereocenters. The summed E-state index contributed by atoms with van der Waals surface area (Å²) in [6.45, 7) is 4.59. The van der Waals surface area contributed by atoms with Crippen LogP contribution in [0.5, 0.6) is 0 Å². The Labute approximate surface area is 194 Å². The molecule has 30 heavy (non-hydrogen) atoms. The Bertz CT molecular complexity index is 767. The van der Waals surface area contributed by atoms with Gasteiger partial charge in [-0.2, -0.15) is 0 Å². The zero-order chi connectivity index (χ0) is 20.8. The molecule has 0 radical (unpaired) electrons. The molecule has 2 saturated heterocycles. The number of ether oxygens (including phenoxy) is 2. The number of nitrogens with one attached hydrogen (secondary N) is 2. The van der Waals surface area contributed by atoms with E-state index < -0.39 is 0 Å². The largest absolute Gasteiger partial charge is 0.469 e. The lowest BCUT2D eigenvalue weighted by Crippen LogP contribution is -2.40. The van der Waals surface area contributed by atoms with Crippen LogP contribution in [0.1, 0.15) is 25.3 Å². The Morgan fingerprint density at radius 3 is 2.80 bits per heavy atom. The lowest BCUT2D eigenvalue weighted by atomic mass is 9.99. The topological polar surface area (TPSA) is 92.3 Å². The van der Waals surface area contributed by atoms with Crippen molar-refractivity contribution in [3.05, 3.63) is 29.8 Å². The molecule has 8 nitrogen and oxygen atoms in total. The van der Waals surface area contributed by atoms with Gasteiger partial charge in [0.2, 0.25) is 0 Å². The summed E-state index contributed by atoms with van der Waals surface area (Å²) in [6, 6.07) is 7.72. The summed E-state index contributed by atoms with van der Waals surface area (Å²) in [5.74, 6) is 0.540. The first-order chi connectivity index (χ1) is 14.0. The van der Waals surface area contributed by atoms with Crippen molar-refractivity contribution in [2.75, 3.05) is 39.2 Å². The van der Waals surface area contributed by atoms with Crippen molar-refractivity contribution >= 4 is 47.5 Å². The number of carbonyl (C=O) groups is 2. The number of hydrogen-bond donors (Lipinski definition) is 2. The number of benzene rings is 1. The molecule has 3 rings (SSSR count). The second-order valence-corrected chi connectivity index (χ2v) is 7.60. The third-order valence-electron chi connectivity index (χ3n) is 5.49. The van der Waals surface area contributed by atoms with Crippen LogP contribution in [0.3, 0.4) is 0 Å². The number of hydrogen-bond acceptors (Lipinski definition) is 5. The van der Waals surface area contributed by atoms with E-state index in [1.165, 1.54) is 7.11 Å². The number of likely N-dealkylation sites (tertiary alicyclic amines) is 1. The van der Waals surface area contributed by atoms with Gasteiger partial charge in [-0.05, 0) is 36.5 Å². The van der Waals surface area contributed by atoms with Gasteiger partial charge in [-0.3, -0.25) is 14.6 Å². The summed E-state index contributed by atoms with van der Waals surface area (Å²) in [6.07, 6.45) is 1.34. The lowest BCUT2D eigenvalue weighted by Gasteiger charge is -2.21. The number of rotatable bonds is 5. The molecule has 0 aliphatic carbocycles. The number of halogens is 1. The van der Waals surface area contributed by atoms with Gasteiger partial charge >= 0.3 is 5.97 Å². The fraction of sp³-hybridized carbons (Fsp3) is 0.571. The molecule has 2 aliphatic heterocycles. The van der Waals surface area contributed by atoms with Crippen LogP contribution in [0.15, 0.2) is 29.3 Å². The predicted molar refractivity (Wildman–Crippen MR) is 126 cm³/mol. The molecule has 2 fully saturated rings. The van der Waals surface area contributed by atoms with Crippen LogP contribution in [-0.2, 0) is 25.6 Å². The highest BCUT2D eigenvalue weighted by Crippen LogP contribution is 2.24. The molecule has 0 spiro atoms. The first-order valence-corrected chi connectivity index (χ1v) is 10.1. The smallest absolute Gasteiger partial charge is 0.310 e. The Morgan fingerprint density at radius 2 is 2.13 bits per heavy atom. The van der Waals surface area contributed by atoms with Gasteiger partial charge in [-0.15, -0.1) is 24.0 Å². The van der Waals surface area contributed by atoms with Gasteiger partial charge in [0.05, 0.1) is 13.0 Å². The van der Waals surface area contributed by atoms with Crippen molar-refractivity contribution < 1.29 is 19.1 Å². The highest BCUT2D eigenvalue weighted by atomic mass is 127. The van der Waals surface area contributed by atoms with Crippen LogP contribution in [0.2, 0.25) is 0 Å². The first-order valence-electron chi connectivity index (χ1n) is 10.1. The lowest BCUT2D eigenvalue weighted by molar-refractivity contribution is -0.146. The standard InChI is InChI=1S/C21H30N4O4.HI/c1-14-12-25(13-17(14)20(27)28-3)21(22-2)23-11-15-6-4-7-16(10-15)24-19(26)18-8-5-9-29-18;/h4,6-7,10,14,17-18H,5,8-9,11-13H2,1-3H3,(H,22,23)(H,24,26);1H. The molecule has 9 heteroatoms. The predicted octanol–water partition coefficient (Wildman–Crippen LogP) is 2.24. The number of aliphatic imine (C=N–C) groups is 1. The van der Waals surface area contributed by atoms with E-state index in [0.29, 0.717) is 19.7 Å². The summed E-state index contributed by atoms with van der Waals surface area (Å²) in [4.78, 5) is 30.6. The van der Waals surface area contributed by atoms with Crippen molar-refractivity contribution in [3.63, 3.8) is 0 Å². The SMILES string of the molecule is CN=C(NCc1cccc(NC(=O)C2CCCO2)c1)N1CC(C)C(C(=O)OC)C1.I. The molecule has 0 saturated carbocycles. The maximum atomic E-state index is 12.2. The molecule has 0 aromatic heterocycles. The van der Waals surface area contributed by atoms with Gasteiger partial charge in [0.25, 0.3) is 5.91 Å². The minimum absolute atomic E-state index is 0. The summed E-state index contributed by atoms with van der Waals surface area (Å²) >= 11 is 0. The third-order valence-corrected chi connectivity index (χ3v) is 5.49. The van der Waals surface area contributed by atoms with Crippen LogP contribution in [0.25, 0.3) is 0 Å². The minimum atomic E-state index is -0.351. The molecule has 0 bridgehead atoms. The highest BCUT2D eigenvalue weighted by Gasteiger charge is 2.36. The molecular weight excluding hydrogens is 499 g/mol. The number of methoxy groups -OCH3 is 1. The fourth-order valence-electron chi connectivity index (χ4n) is 3.88. The van der Waals surface area contributed by atoms with Gasteiger partial charge in [-0.25, -0.2) is 0 Å². The molecule has 3 atom stereocenters. The number of nitrogens with zero attached hydrogens (tertiary/aromatic N) is 2. The van der Waals surface area contributed by atoms with Crippen molar-refractivity contribution in [1.29, 1.82) is 0 Å². The monoisotopic (exact) mass is 530 g/mol. The third kappa shape index (κ3) is 6.07. The normalized spacial score (nSPS) is 23.6. The van der Waals surface area contributed by atoms with Gasteiger partial charge in [0.1, 0.15) is 6.10 Å². The van der Waals surface area contributed by atoms with E-state index in [1.54, 1.807) is 7.05 Å². The Balaban J connectivity index is 0.00000320. The van der Waals surface area contributed by atoms with E-state index in [2.05, 4.69) is 27.4 Å². The number of carbonyl (C=O) groups excluding carboxylic acids is 2. The van der Waals surface area contributed by atoms with E-state index in [9.17, 15) is 9.59 Å². The number of guanidine groups is 1. The van der Waals surface area contributed by atoms with Crippen molar-refractivity contribution in [2.45, 2.75) is 32.4 Å². The van der Waals surface area contributed by atoms with Crippen molar-refractivity contribution in [3.8, 4) is 0 Å². The maximum absolute atomic E-state index is 12.2. The van der Waals surface area contributed by atoms with Gasteiger partial charge in [-0.1, -0.05) is 19.1 Å². The molecule has 2 heterocycles. The Hall–Kier alpha value is -1.88. The second kappa shape index (κ2) is 11.5. The van der Waals surface area contributed by atoms with E-state index in [0.717, 1.165) is 36.6 Å². The molecule has 2 aliphatic rings. The maximum Gasteiger partial charge on any atom is 0.310 e. The van der Waals surface area contributed by atoms with Gasteiger partial charge < -0.3 is 25.0 Å². The molecule has 166 valence electrons. The zero-order valence-electron chi connectivity index (χ0n) is 17.7. The average molecular weight is 530 g/mol. The summed E-state index contributed by atoms with van der Waals surface area (Å²) < 4.78 is 10.3. The van der Waals surface area contributed by atoms with Crippen molar-refractivity contribution in [2.24, 2.45) is 16.8 Å². The average Bonchev–Trinajstić information content (AvgIpc) is 3.38. The van der Waals surface area contributed by atoms with E-state index >= 15 is 0 Å². The van der Waals surface area contributed by atoms with Crippen molar-refractivity contribution in [1.82, 2.24) is 10.2 Å². The first kappa shape index (κ1) is 24.4. The van der Waals surface area contributed by atoms with Crippen LogP contribution in [0.4, 0.5) is 5.69 Å². The minimum Gasteiger partial charge on any atom is -0.469 e. The second-order valence-electron chi connectivity index (χ2n) is 7.60. The molecule has 1 aromatic rings. The Morgan fingerprint density at radius 1 is 1.33 bits per heavy atom. The molecule has 1 aromatic carbocycles. The van der Waals surface area contributed by atoms with Gasteiger partial charge in [0.15, 0.2) is 5.96 Å². The van der Waals surface area contributed by atoms with Gasteiger partial charge in [0, 0.05) is 39.0 Å². The Kier molecular flexibility index (Phi) is 9.35. The highest BCUT2D eigenvalue weighted by molar-refractivity contribution is 14.0. The molecular formula is C21H31IN4O4. The van der Waals surface area contributed by atoms with Crippen LogP contribution in [0, 0.1) is 11.8 Å². The van der Waals surface area contributed by atoms with Crippen LogP contribution in [-0.4, -0.2) is 62.7 Å². The van der Waals surface area contributed by atoms with E-state index in [1.807, 2.05) is 24.3 Å². The molecule has 1 amide bonds. The fourth-order valence-corrected chi connectivity index (χ4v) is 3.88. The van der Waals surface area contributed by atoms with Crippen LogP contribution < -0.4 is 10.6 Å². The van der Waals surface area contributed by atoms with Crippen LogP contribution >= 0.6 is 24.0 Å². The number of anilines is 1. The molecule has 2 N–H and O–H groups in total. The summed E-state index contributed by atoms with van der Waals surface area (Å²) in [5, 5.41) is 6.28. The van der Waals surface area contributed by atoms with E-state index in [-0.39, 0.29) is 53.8 Å².